The molecule has 0 aromatic carbocycles. The van der Waals surface area contributed by atoms with Crippen molar-refractivity contribution in [3.8, 4) is 0 Å². The summed E-state index contributed by atoms with van der Waals surface area (Å²) in [6.45, 7) is 11.2. The first-order valence-electron chi connectivity index (χ1n) is 14.0. The van der Waals surface area contributed by atoms with Crippen LogP contribution in [0.4, 0.5) is 0 Å². The van der Waals surface area contributed by atoms with Gasteiger partial charge in [-0.1, -0.05) is 0 Å². The molecule has 1 heteroatoms. The summed E-state index contributed by atoms with van der Waals surface area (Å²) >= 11 is 0. The fraction of sp³-hybridized carbons (Fsp3) is 0.964. The van der Waals surface area contributed by atoms with Crippen molar-refractivity contribution < 1.29 is 0 Å². The van der Waals surface area contributed by atoms with E-state index in [0.717, 1.165) is 6.42 Å². The SMILES string of the molecule is [CH2]CCC[PH](CCCCCCCC)(CCCCCCCC)CCCCCCCC. The van der Waals surface area contributed by atoms with Crippen LogP contribution < -0.4 is 0 Å². The van der Waals surface area contributed by atoms with E-state index in [4.69, 9.17) is 0 Å². The average molecular weight is 428 g/mol. The predicted octanol–water partition coefficient (Wildman–Crippen LogP) is 10.4. The van der Waals surface area contributed by atoms with Crippen LogP contribution in [0.15, 0.2) is 0 Å². The van der Waals surface area contributed by atoms with Crippen molar-refractivity contribution in [2.24, 2.45) is 0 Å². The second-order valence-corrected chi connectivity index (χ2v) is 15.0. The Balaban J connectivity index is 4.52. The molecule has 0 aromatic heterocycles. The Bertz CT molecular complexity index is 258. The number of hydrogen-bond donors (Lipinski definition) is 0. The van der Waals surface area contributed by atoms with Gasteiger partial charge in [0.05, 0.1) is 0 Å². The third-order valence-corrected chi connectivity index (χ3v) is 12.8. The third kappa shape index (κ3) is 18.9. The van der Waals surface area contributed by atoms with Gasteiger partial charge in [-0.3, -0.25) is 0 Å². The first-order chi connectivity index (χ1) is 14.2. The fourth-order valence-electron chi connectivity index (χ4n) is 5.09. The summed E-state index contributed by atoms with van der Waals surface area (Å²) < 4.78 is 0. The molecule has 0 aliphatic heterocycles. The van der Waals surface area contributed by atoms with Crippen molar-refractivity contribution in [2.75, 3.05) is 24.6 Å². The first-order valence-corrected chi connectivity index (χ1v) is 16.9. The molecule has 0 heterocycles. The molecular weight excluding hydrogens is 367 g/mol. The van der Waals surface area contributed by atoms with E-state index in [9.17, 15) is 0 Å². The molecular formula is C28H60P. The first kappa shape index (κ1) is 29.4. The Labute approximate surface area is 188 Å². The van der Waals surface area contributed by atoms with Gasteiger partial charge < -0.3 is 0 Å². The van der Waals surface area contributed by atoms with Gasteiger partial charge in [-0.15, -0.1) is 0 Å². The van der Waals surface area contributed by atoms with Gasteiger partial charge in [-0.25, -0.2) is 0 Å². The quantitative estimate of drug-likeness (QED) is 0.106. The monoisotopic (exact) mass is 427 g/mol. The molecule has 0 fully saturated rings. The van der Waals surface area contributed by atoms with Gasteiger partial charge in [-0.05, 0) is 0 Å². The summed E-state index contributed by atoms with van der Waals surface area (Å²) in [6.07, 6.45) is 35.6. The standard InChI is InChI=1S/C28H60P/c1-5-9-13-16-19-22-26-29(25-12-8-4,27-23-20-17-14-10-6-2)28-24-21-18-15-11-7-3/h29H,4-28H2,1-3H3. The zero-order chi connectivity index (χ0) is 21.5. The molecule has 1 radical (unpaired) electrons. The number of unbranched alkanes of at least 4 members (excludes halogenated alkanes) is 16. The van der Waals surface area contributed by atoms with Crippen LogP contribution in [0.5, 0.6) is 0 Å². The third-order valence-electron chi connectivity index (χ3n) is 7.14. The van der Waals surface area contributed by atoms with E-state index in [1.807, 2.05) is 0 Å². The van der Waals surface area contributed by atoms with Gasteiger partial charge in [0.2, 0.25) is 0 Å². The Morgan fingerprint density at radius 1 is 0.379 bits per heavy atom. The van der Waals surface area contributed by atoms with Crippen molar-refractivity contribution in [2.45, 2.75) is 149 Å². The minimum atomic E-state index is -1.06. The summed E-state index contributed by atoms with van der Waals surface area (Å²) in [4.78, 5) is 0. The molecule has 0 amide bonds. The van der Waals surface area contributed by atoms with Crippen molar-refractivity contribution in [3.05, 3.63) is 6.92 Å². The van der Waals surface area contributed by atoms with E-state index in [2.05, 4.69) is 27.7 Å². The summed E-state index contributed by atoms with van der Waals surface area (Å²) in [7, 11) is -1.06. The molecule has 0 aliphatic carbocycles. The van der Waals surface area contributed by atoms with Crippen LogP contribution in [-0.2, 0) is 0 Å². The Kier molecular flexibility index (Phi) is 23.4. The van der Waals surface area contributed by atoms with Gasteiger partial charge >= 0.3 is 188 Å². The van der Waals surface area contributed by atoms with Crippen LogP contribution in [0.3, 0.4) is 0 Å². The van der Waals surface area contributed by atoms with Crippen LogP contribution in [0.2, 0.25) is 0 Å². The normalized spacial score (nSPS) is 12.6. The second kappa shape index (κ2) is 23.1. The van der Waals surface area contributed by atoms with E-state index in [1.54, 1.807) is 43.9 Å². The van der Waals surface area contributed by atoms with E-state index in [-0.39, 0.29) is 0 Å². The van der Waals surface area contributed by atoms with Crippen molar-refractivity contribution in [1.29, 1.82) is 0 Å². The van der Waals surface area contributed by atoms with Crippen LogP contribution in [0.25, 0.3) is 0 Å². The Morgan fingerprint density at radius 2 is 0.655 bits per heavy atom. The van der Waals surface area contributed by atoms with E-state index in [0.29, 0.717) is 0 Å². The van der Waals surface area contributed by atoms with E-state index < -0.39 is 7.26 Å². The molecule has 0 bridgehead atoms. The maximum absolute atomic E-state index is 4.20. The molecule has 0 nitrogen and oxygen atoms in total. The van der Waals surface area contributed by atoms with Crippen molar-refractivity contribution >= 4 is 7.26 Å². The van der Waals surface area contributed by atoms with E-state index in [1.165, 1.54) is 103 Å². The topological polar surface area (TPSA) is 0 Å². The minimum absolute atomic E-state index is 1.06. The molecule has 0 aliphatic rings. The molecule has 0 saturated carbocycles. The number of hydrogen-bond acceptors (Lipinski definition) is 0. The zero-order valence-corrected chi connectivity index (χ0v) is 22.2. The molecule has 0 unspecified atom stereocenters. The summed E-state index contributed by atoms with van der Waals surface area (Å²) in [6, 6.07) is 0. The van der Waals surface area contributed by atoms with Gasteiger partial charge in [0.15, 0.2) is 0 Å². The molecule has 0 atom stereocenters. The Hall–Kier alpha value is 0.430. The fourth-order valence-corrected chi connectivity index (χ4v) is 10.6. The molecule has 177 valence electrons. The van der Waals surface area contributed by atoms with Gasteiger partial charge in [0, 0.05) is 0 Å². The van der Waals surface area contributed by atoms with Crippen molar-refractivity contribution in [3.63, 3.8) is 0 Å². The molecule has 0 aromatic rings. The predicted molar refractivity (Wildman–Crippen MR) is 143 cm³/mol. The zero-order valence-electron chi connectivity index (χ0n) is 21.2. The van der Waals surface area contributed by atoms with Gasteiger partial charge in [-0.2, -0.15) is 0 Å². The van der Waals surface area contributed by atoms with Crippen molar-refractivity contribution in [1.82, 2.24) is 0 Å². The Morgan fingerprint density at radius 3 is 0.966 bits per heavy atom. The van der Waals surface area contributed by atoms with Crippen LogP contribution >= 0.6 is 7.26 Å². The van der Waals surface area contributed by atoms with Crippen LogP contribution in [0.1, 0.15) is 149 Å². The molecule has 0 rings (SSSR count). The average Bonchev–Trinajstić information content (AvgIpc) is 2.74. The second-order valence-electron chi connectivity index (χ2n) is 10.0. The van der Waals surface area contributed by atoms with Crippen LogP contribution in [0, 0.1) is 6.92 Å². The summed E-state index contributed by atoms with van der Waals surface area (Å²) in [5.41, 5.74) is 0. The molecule has 29 heavy (non-hydrogen) atoms. The molecule has 0 spiro atoms. The van der Waals surface area contributed by atoms with Gasteiger partial charge in [0.25, 0.3) is 0 Å². The molecule has 0 N–H and O–H groups in total. The maximum atomic E-state index is 4.20. The molecule has 0 saturated heterocycles. The van der Waals surface area contributed by atoms with Gasteiger partial charge in [0.1, 0.15) is 0 Å². The summed E-state index contributed by atoms with van der Waals surface area (Å²) in [5, 5.41) is 0. The summed E-state index contributed by atoms with van der Waals surface area (Å²) in [5.74, 6) is 0. The van der Waals surface area contributed by atoms with E-state index >= 15 is 0 Å². The number of rotatable bonds is 24. The van der Waals surface area contributed by atoms with Crippen LogP contribution in [-0.4, -0.2) is 24.6 Å².